The van der Waals surface area contributed by atoms with Crippen LogP contribution in [-0.4, -0.2) is 23.0 Å². The summed E-state index contributed by atoms with van der Waals surface area (Å²) in [5.41, 5.74) is 6.33. The Morgan fingerprint density at radius 2 is 2.11 bits per heavy atom. The quantitative estimate of drug-likeness (QED) is 0.790. The third-order valence-corrected chi connectivity index (χ3v) is 3.87. The predicted octanol–water partition coefficient (Wildman–Crippen LogP) is 3.14. The van der Waals surface area contributed by atoms with E-state index in [1.807, 2.05) is 26.0 Å². The maximum absolute atomic E-state index is 11.7. The lowest BCUT2D eigenvalue weighted by Crippen LogP contribution is -2.34. The van der Waals surface area contributed by atoms with Crippen LogP contribution in [0.2, 0.25) is 5.02 Å². The van der Waals surface area contributed by atoms with E-state index in [0.29, 0.717) is 17.1 Å². The average molecular weight is 287 g/mol. The Morgan fingerprint density at radius 1 is 1.44 bits per heavy atom. The fourth-order valence-electron chi connectivity index (χ4n) is 1.28. The molecule has 0 atom stereocenters. The number of halogens is 1. The van der Waals surface area contributed by atoms with Crippen LogP contribution in [0.15, 0.2) is 24.3 Å². The van der Waals surface area contributed by atoms with Gasteiger partial charge in [-0.15, -0.1) is 0 Å². The molecule has 0 spiro atoms. The smallest absolute Gasteiger partial charge is 0.225 e. The molecule has 3 N–H and O–H groups in total. The molecular formula is C13H19ClN2OS. The van der Waals surface area contributed by atoms with Gasteiger partial charge in [-0.05, 0) is 26.0 Å². The zero-order valence-electron chi connectivity index (χ0n) is 10.7. The van der Waals surface area contributed by atoms with Crippen molar-refractivity contribution >= 4 is 35.0 Å². The lowest BCUT2D eigenvalue weighted by molar-refractivity contribution is -0.115. The van der Waals surface area contributed by atoms with Crippen LogP contribution in [0.5, 0.6) is 0 Å². The number of rotatable bonds is 6. The SMILES string of the molecule is CC(C)(N)CSCCC(=O)Nc1ccccc1Cl. The van der Waals surface area contributed by atoms with Gasteiger partial charge in [0.25, 0.3) is 0 Å². The Morgan fingerprint density at radius 3 is 2.72 bits per heavy atom. The molecule has 1 rings (SSSR count). The van der Waals surface area contributed by atoms with Crippen molar-refractivity contribution in [1.29, 1.82) is 0 Å². The second-order valence-corrected chi connectivity index (χ2v) is 6.33. The lowest BCUT2D eigenvalue weighted by Gasteiger charge is -2.17. The van der Waals surface area contributed by atoms with Gasteiger partial charge in [0.2, 0.25) is 5.91 Å². The van der Waals surface area contributed by atoms with Crippen molar-refractivity contribution in [2.24, 2.45) is 5.73 Å². The number of carbonyl (C=O) groups is 1. The lowest BCUT2D eigenvalue weighted by atomic mass is 10.1. The molecule has 0 aliphatic carbocycles. The van der Waals surface area contributed by atoms with Gasteiger partial charge in [0.05, 0.1) is 10.7 Å². The molecule has 0 aromatic heterocycles. The van der Waals surface area contributed by atoms with Gasteiger partial charge in [-0.1, -0.05) is 23.7 Å². The molecule has 1 aromatic carbocycles. The number of para-hydroxylation sites is 1. The van der Waals surface area contributed by atoms with Gasteiger partial charge < -0.3 is 11.1 Å². The molecule has 3 nitrogen and oxygen atoms in total. The highest BCUT2D eigenvalue weighted by molar-refractivity contribution is 7.99. The van der Waals surface area contributed by atoms with Crippen LogP contribution in [0.3, 0.4) is 0 Å². The molecular weight excluding hydrogens is 268 g/mol. The van der Waals surface area contributed by atoms with Gasteiger partial charge in [0, 0.05) is 23.5 Å². The van der Waals surface area contributed by atoms with Crippen LogP contribution in [-0.2, 0) is 4.79 Å². The summed E-state index contributed by atoms with van der Waals surface area (Å²) < 4.78 is 0. The normalized spacial score (nSPS) is 11.3. The number of amides is 1. The van der Waals surface area contributed by atoms with E-state index in [9.17, 15) is 4.79 Å². The van der Waals surface area contributed by atoms with Crippen molar-refractivity contribution in [3.63, 3.8) is 0 Å². The summed E-state index contributed by atoms with van der Waals surface area (Å²) in [6, 6.07) is 7.21. The molecule has 18 heavy (non-hydrogen) atoms. The molecule has 0 saturated heterocycles. The highest BCUT2D eigenvalue weighted by Crippen LogP contribution is 2.20. The van der Waals surface area contributed by atoms with E-state index in [1.54, 1.807) is 23.9 Å². The number of thioether (sulfide) groups is 1. The number of anilines is 1. The maximum atomic E-state index is 11.7. The van der Waals surface area contributed by atoms with Crippen molar-refractivity contribution in [2.45, 2.75) is 25.8 Å². The highest BCUT2D eigenvalue weighted by Gasteiger charge is 2.11. The molecule has 0 aliphatic heterocycles. The summed E-state index contributed by atoms with van der Waals surface area (Å²) in [4.78, 5) is 11.7. The van der Waals surface area contributed by atoms with Crippen molar-refractivity contribution in [3.8, 4) is 0 Å². The molecule has 0 heterocycles. The molecule has 0 fully saturated rings. The van der Waals surface area contributed by atoms with E-state index in [0.717, 1.165) is 11.5 Å². The minimum Gasteiger partial charge on any atom is -0.325 e. The van der Waals surface area contributed by atoms with Gasteiger partial charge in [0.15, 0.2) is 0 Å². The molecule has 0 bridgehead atoms. The summed E-state index contributed by atoms with van der Waals surface area (Å²) >= 11 is 7.64. The van der Waals surface area contributed by atoms with Crippen molar-refractivity contribution in [3.05, 3.63) is 29.3 Å². The third kappa shape index (κ3) is 6.28. The largest absolute Gasteiger partial charge is 0.325 e. The van der Waals surface area contributed by atoms with Crippen molar-refractivity contribution in [1.82, 2.24) is 0 Å². The standard InChI is InChI=1S/C13H19ClN2OS/c1-13(2,15)9-18-8-7-12(17)16-11-6-4-3-5-10(11)14/h3-6H,7-9,15H2,1-2H3,(H,16,17). The van der Waals surface area contributed by atoms with E-state index >= 15 is 0 Å². The first-order chi connectivity index (χ1) is 8.38. The highest BCUT2D eigenvalue weighted by atomic mass is 35.5. The van der Waals surface area contributed by atoms with Gasteiger partial charge in [-0.25, -0.2) is 0 Å². The molecule has 0 saturated carbocycles. The second kappa shape index (κ2) is 7.02. The Kier molecular flexibility index (Phi) is 5.99. The molecule has 5 heteroatoms. The van der Waals surface area contributed by atoms with Crippen LogP contribution < -0.4 is 11.1 Å². The van der Waals surface area contributed by atoms with Gasteiger partial charge >= 0.3 is 0 Å². The first-order valence-electron chi connectivity index (χ1n) is 5.79. The summed E-state index contributed by atoms with van der Waals surface area (Å²) in [5, 5.41) is 3.35. The van der Waals surface area contributed by atoms with E-state index < -0.39 is 0 Å². The average Bonchev–Trinajstić information content (AvgIpc) is 2.26. The fraction of sp³-hybridized carbons (Fsp3) is 0.462. The topological polar surface area (TPSA) is 55.1 Å². The van der Waals surface area contributed by atoms with Crippen LogP contribution >= 0.6 is 23.4 Å². The van der Waals surface area contributed by atoms with Crippen LogP contribution in [0.25, 0.3) is 0 Å². The molecule has 1 amide bonds. The molecule has 1 aromatic rings. The number of hydrogen-bond donors (Lipinski definition) is 2. The summed E-state index contributed by atoms with van der Waals surface area (Å²) in [6.07, 6.45) is 0.464. The zero-order chi connectivity index (χ0) is 13.6. The summed E-state index contributed by atoms with van der Waals surface area (Å²) in [6.45, 7) is 3.95. The molecule has 0 radical (unpaired) electrons. The summed E-state index contributed by atoms with van der Waals surface area (Å²) in [5.74, 6) is 1.58. The summed E-state index contributed by atoms with van der Waals surface area (Å²) in [7, 11) is 0. The van der Waals surface area contributed by atoms with Crippen LogP contribution in [0, 0.1) is 0 Å². The number of hydrogen-bond acceptors (Lipinski definition) is 3. The van der Waals surface area contributed by atoms with E-state index in [-0.39, 0.29) is 11.4 Å². The Hall–Kier alpha value is -0.710. The van der Waals surface area contributed by atoms with Crippen LogP contribution in [0.1, 0.15) is 20.3 Å². The molecule has 100 valence electrons. The predicted molar refractivity (Wildman–Crippen MR) is 80.3 cm³/mol. The number of nitrogens with two attached hydrogens (primary N) is 1. The second-order valence-electron chi connectivity index (χ2n) is 4.82. The minimum absolute atomic E-state index is 0.0228. The third-order valence-electron chi connectivity index (χ3n) is 2.10. The first kappa shape index (κ1) is 15.3. The molecule has 0 unspecified atom stereocenters. The Labute approximate surface area is 117 Å². The zero-order valence-corrected chi connectivity index (χ0v) is 12.3. The van der Waals surface area contributed by atoms with Gasteiger partial charge in [0.1, 0.15) is 0 Å². The van der Waals surface area contributed by atoms with E-state index in [1.165, 1.54) is 0 Å². The van der Waals surface area contributed by atoms with Crippen molar-refractivity contribution in [2.75, 3.05) is 16.8 Å². The number of carbonyl (C=O) groups excluding carboxylic acids is 1. The monoisotopic (exact) mass is 286 g/mol. The van der Waals surface area contributed by atoms with E-state index in [2.05, 4.69) is 5.32 Å². The van der Waals surface area contributed by atoms with Crippen molar-refractivity contribution < 1.29 is 4.79 Å². The van der Waals surface area contributed by atoms with Gasteiger partial charge in [-0.2, -0.15) is 11.8 Å². The number of nitrogens with one attached hydrogen (secondary N) is 1. The van der Waals surface area contributed by atoms with E-state index in [4.69, 9.17) is 17.3 Å². The first-order valence-corrected chi connectivity index (χ1v) is 7.33. The van der Waals surface area contributed by atoms with Crippen LogP contribution in [0.4, 0.5) is 5.69 Å². The fourth-order valence-corrected chi connectivity index (χ4v) is 2.46. The Balaban J connectivity index is 2.29. The molecule has 0 aliphatic rings. The maximum Gasteiger partial charge on any atom is 0.225 e. The number of benzene rings is 1. The minimum atomic E-state index is -0.191. The Bertz CT molecular complexity index is 404. The van der Waals surface area contributed by atoms with Gasteiger partial charge in [-0.3, -0.25) is 4.79 Å².